The molecule has 0 radical (unpaired) electrons. The summed E-state index contributed by atoms with van der Waals surface area (Å²) in [6.45, 7) is 11.5. The van der Waals surface area contributed by atoms with E-state index in [0.29, 0.717) is 37.3 Å². The molecule has 2 rings (SSSR count). The first-order chi connectivity index (χ1) is 12.7. The minimum atomic E-state index is -0.716. The van der Waals surface area contributed by atoms with Crippen LogP contribution in [-0.4, -0.2) is 29.4 Å². The maximum Gasteiger partial charge on any atom is 0.102 e. The van der Waals surface area contributed by atoms with E-state index in [1.807, 2.05) is 24.3 Å². The van der Waals surface area contributed by atoms with Gasteiger partial charge in [-0.3, -0.25) is 0 Å². The Hall–Kier alpha value is -1.13. The quantitative estimate of drug-likeness (QED) is 0.506. The van der Waals surface area contributed by atoms with Crippen LogP contribution in [0.3, 0.4) is 0 Å². The Morgan fingerprint density at radius 3 is 2.37 bits per heavy atom. The van der Waals surface area contributed by atoms with E-state index >= 15 is 0 Å². The fraction of sp³-hybridized carbons (Fsp3) is 0.739. The molecular weight excluding hydrogens is 339 g/mol. The molecule has 0 amide bonds. The molecule has 1 aliphatic carbocycles. The zero-order chi connectivity index (χ0) is 20.0. The third-order valence-corrected chi connectivity index (χ3v) is 6.21. The van der Waals surface area contributed by atoms with Crippen molar-refractivity contribution < 1.29 is 9.50 Å². The summed E-state index contributed by atoms with van der Waals surface area (Å²) >= 11 is 0. The Labute approximate surface area is 165 Å². The molecule has 1 aromatic rings. The first-order valence-electron chi connectivity index (χ1n) is 10.7. The van der Waals surface area contributed by atoms with Crippen molar-refractivity contribution in [3.63, 3.8) is 0 Å². The van der Waals surface area contributed by atoms with Crippen molar-refractivity contribution in [2.45, 2.75) is 90.6 Å². The molecule has 1 aliphatic rings. The van der Waals surface area contributed by atoms with Crippen molar-refractivity contribution in [2.24, 2.45) is 11.8 Å². The number of benzene rings is 1. The maximum absolute atomic E-state index is 13.8. The van der Waals surface area contributed by atoms with Gasteiger partial charge in [-0.15, -0.1) is 0 Å². The summed E-state index contributed by atoms with van der Waals surface area (Å²) in [7, 11) is 0. The monoisotopic (exact) mass is 378 g/mol. The topological polar surface area (TPSA) is 44.3 Å². The molecule has 0 spiro atoms. The highest BCUT2D eigenvalue weighted by atomic mass is 19.1. The van der Waals surface area contributed by atoms with Crippen molar-refractivity contribution in [1.82, 2.24) is 5.32 Å². The van der Waals surface area contributed by atoms with Crippen LogP contribution in [-0.2, 0) is 0 Å². The minimum Gasteiger partial charge on any atom is -0.387 e. The number of anilines is 1. The number of rotatable bonds is 10. The molecule has 5 unspecified atom stereocenters. The fourth-order valence-electron chi connectivity index (χ4n) is 4.25. The molecule has 0 bridgehead atoms. The van der Waals surface area contributed by atoms with Gasteiger partial charge in [0.2, 0.25) is 0 Å². The second kappa shape index (κ2) is 9.88. The minimum absolute atomic E-state index is 0.165. The van der Waals surface area contributed by atoms with Gasteiger partial charge in [-0.25, -0.2) is 4.39 Å². The van der Waals surface area contributed by atoms with Gasteiger partial charge in [0.05, 0.1) is 6.10 Å². The lowest BCUT2D eigenvalue weighted by molar-refractivity contribution is 0.146. The van der Waals surface area contributed by atoms with E-state index in [4.69, 9.17) is 0 Å². The maximum atomic E-state index is 13.8. The smallest absolute Gasteiger partial charge is 0.102 e. The molecule has 0 aliphatic heterocycles. The molecule has 0 heterocycles. The molecule has 0 aromatic heterocycles. The fourth-order valence-corrected chi connectivity index (χ4v) is 4.25. The van der Waals surface area contributed by atoms with E-state index in [9.17, 15) is 9.50 Å². The third-order valence-electron chi connectivity index (χ3n) is 6.21. The molecule has 1 fully saturated rings. The lowest BCUT2D eigenvalue weighted by atomic mass is 9.87. The molecule has 1 aromatic carbocycles. The number of alkyl halides is 1. The van der Waals surface area contributed by atoms with Crippen molar-refractivity contribution in [1.29, 1.82) is 0 Å². The van der Waals surface area contributed by atoms with Gasteiger partial charge in [-0.05, 0) is 62.1 Å². The predicted molar refractivity (Wildman–Crippen MR) is 113 cm³/mol. The van der Waals surface area contributed by atoms with Crippen LogP contribution in [0.15, 0.2) is 24.3 Å². The van der Waals surface area contributed by atoms with Gasteiger partial charge < -0.3 is 15.7 Å². The van der Waals surface area contributed by atoms with Crippen LogP contribution in [0.25, 0.3) is 0 Å². The Morgan fingerprint density at radius 1 is 1.19 bits per heavy atom. The lowest BCUT2D eigenvalue weighted by Gasteiger charge is -2.33. The van der Waals surface area contributed by atoms with Gasteiger partial charge in [0, 0.05) is 23.8 Å². The van der Waals surface area contributed by atoms with Gasteiger partial charge in [-0.2, -0.15) is 0 Å². The van der Waals surface area contributed by atoms with Crippen LogP contribution in [0, 0.1) is 11.8 Å². The Balaban J connectivity index is 1.92. The van der Waals surface area contributed by atoms with Gasteiger partial charge in [-0.1, -0.05) is 46.2 Å². The first-order valence-corrected chi connectivity index (χ1v) is 10.7. The summed E-state index contributed by atoms with van der Waals surface area (Å²) in [5.41, 5.74) is 1.82. The largest absolute Gasteiger partial charge is 0.387 e. The highest BCUT2D eigenvalue weighted by molar-refractivity contribution is 5.45. The normalized spacial score (nSPS) is 26.1. The van der Waals surface area contributed by atoms with Crippen LogP contribution in [0.2, 0.25) is 0 Å². The SMILES string of the molecule is CCC(C)C(C)Nc1ccc(C(O)CNC2(CC(C)C)CCC(F)C2)cc1. The first kappa shape index (κ1) is 22.2. The Kier molecular flexibility index (Phi) is 8.11. The van der Waals surface area contributed by atoms with Crippen molar-refractivity contribution >= 4 is 5.69 Å². The molecule has 5 atom stereocenters. The van der Waals surface area contributed by atoms with Crippen molar-refractivity contribution in [3.8, 4) is 0 Å². The number of halogens is 1. The van der Waals surface area contributed by atoms with E-state index in [0.717, 1.165) is 30.5 Å². The van der Waals surface area contributed by atoms with E-state index in [-0.39, 0.29) is 5.54 Å². The summed E-state index contributed by atoms with van der Waals surface area (Å²) in [5.74, 6) is 1.13. The second-order valence-electron chi connectivity index (χ2n) is 9.06. The number of hydrogen-bond donors (Lipinski definition) is 3. The molecule has 0 saturated heterocycles. The summed E-state index contributed by atoms with van der Waals surface area (Å²) < 4.78 is 13.8. The van der Waals surface area contributed by atoms with Crippen molar-refractivity contribution in [3.05, 3.63) is 29.8 Å². The number of β-amino-alcohol motifs (C(OH)–C–C–N with tert-alkyl or cyclic N) is 1. The number of nitrogens with one attached hydrogen (secondary N) is 2. The van der Waals surface area contributed by atoms with Crippen LogP contribution in [0.4, 0.5) is 10.1 Å². The standard InChI is InChI=1S/C23H39FN2O/c1-6-17(4)18(5)26-21-9-7-19(8-10-21)22(27)15-25-23(13-16(2)3)12-11-20(24)14-23/h7-10,16-18,20,22,25-27H,6,11-15H2,1-5H3. The molecule has 1 saturated carbocycles. The average molecular weight is 379 g/mol. The summed E-state index contributed by atoms with van der Waals surface area (Å²) in [4.78, 5) is 0. The molecule has 154 valence electrons. The number of aliphatic hydroxyl groups excluding tert-OH is 1. The Morgan fingerprint density at radius 2 is 1.85 bits per heavy atom. The zero-order valence-corrected chi connectivity index (χ0v) is 17.8. The molecule has 4 heteroatoms. The van der Waals surface area contributed by atoms with E-state index in [2.05, 4.69) is 45.3 Å². The van der Waals surface area contributed by atoms with E-state index in [1.54, 1.807) is 0 Å². The van der Waals surface area contributed by atoms with E-state index < -0.39 is 12.3 Å². The van der Waals surface area contributed by atoms with Gasteiger partial charge in [0.25, 0.3) is 0 Å². The molecule has 3 nitrogen and oxygen atoms in total. The van der Waals surface area contributed by atoms with Crippen LogP contribution >= 0.6 is 0 Å². The van der Waals surface area contributed by atoms with E-state index in [1.165, 1.54) is 0 Å². The zero-order valence-electron chi connectivity index (χ0n) is 17.8. The summed E-state index contributed by atoms with van der Waals surface area (Å²) in [6, 6.07) is 8.46. The lowest BCUT2D eigenvalue weighted by Crippen LogP contribution is -2.46. The van der Waals surface area contributed by atoms with Crippen molar-refractivity contribution in [2.75, 3.05) is 11.9 Å². The van der Waals surface area contributed by atoms with Gasteiger partial charge in [0.1, 0.15) is 6.17 Å². The van der Waals surface area contributed by atoms with Gasteiger partial charge in [0.15, 0.2) is 0 Å². The third kappa shape index (κ3) is 6.46. The predicted octanol–water partition coefficient (Wildman–Crippen LogP) is 5.46. The van der Waals surface area contributed by atoms with Crippen LogP contribution in [0.1, 0.15) is 78.4 Å². The average Bonchev–Trinajstić information content (AvgIpc) is 2.99. The Bertz CT molecular complexity index is 562. The van der Waals surface area contributed by atoms with Gasteiger partial charge >= 0.3 is 0 Å². The molecule has 3 N–H and O–H groups in total. The summed E-state index contributed by atoms with van der Waals surface area (Å²) in [6.07, 6.45) is 2.86. The number of aliphatic hydroxyl groups is 1. The second-order valence-corrected chi connectivity index (χ2v) is 9.06. The highest BCUT2D eigenvalue weighted by Gasteiger charge is 2.39. The van der Waals surface area contributed by atoms with Crippen LogP contribution < -0.4 is 10.6 Å². The summed E-state index contributed by atoms with van der Waals surface area (Å²) in [5, 5.41) is 17.7. The molecular formula is C23H39FN2O. The molecule has 27 heavy (non-hydrogen) atoms. The van der Waals surface area contributed by atoms with Crippen LogP contribution in [0.5, 0.6) is 0 Å². The number of hydrogen-bond acceptors (Lipinski definition) is 3. The highest BCUT2D eigenvalue weighted by Crippen LogP contribution is 2.37.